The lowest BCUT2D eigenvalue weighted by Crippen LogP contribution is -2.43. The summed E-state index contributed by atoms with van der Waals surface area (Å²) in [5.41, 5.74) is 2.59. The molecule has 0 aromatic heterocycles. The maximum atomic E-state index is 12.7. The SMILES string of the molecule is CCN1CCN(S(=O)(=O)/C=C/c2ccccc2)c2ccccc21. The lowest BCUT2D eigenvalue weighted by Gasteiger charge is -2.37. The Kier molecular flexibility index (Phi) is 4.39. The molecular formula is C18H20N2O2S. The van der Waals surface area contributed by atoms with E-state index in [9.17, 15) is 8.42 Å². The topological polar surface area (TPSA) is 40.6 Å². The van der Waals surface area contributed by atoms with E-state index in [-0.39, 0.29) is 0 Å². The molecule has 0 bridgehead atoms. The molecule has 120 valence electrons. The number of fused-ring (bicyclic) bond motifs is 1. The fourth-order valence-corrected chi connectivity index (χ4v) is 4.03. The van der Waals surface area contributed by atoms with Gasteiger partial charge in [-0.3, -0.25) is 4.31 Å². The van der Waals surface area contributed by atoms with Crippen LogP contribution in [-0.4, -0.2) is 28.1 Å². The van der Waals surface area contributed by atoms with E-state index in [2.05, 4.69) is 11.8 Å². The van der Waals surface area contributed by atoms with Crippen LogP contribution in [0.4, 0.5) is 11.4 Å². The molecule has 0 atom stereocenters. The summed E-state index contributed by atoms with van der Waals surface area (Å²) in [7, 11) is -3.50. The second-order valence-electron chi connectivity index (χ2n) is 5.40. The maximum absolute atomic E-state index is 12.7. The Bertz CT molecular complexity index is 801. The van der Waals surface area contributed by atoms with E-state index in [1.165, 1.54) is 9.71 Å². The molecule has 2 aromatic carbocycles. The molecule has 2 aromatic rings. The van der Waals surface area contributed by atoms with Crippen LogP contribution in [0.5, 0.6) is 0 Å². The highest BCUT2D eigenvalue weighted by molar-refractivity contribution is 7.95. The first-order valence-electron chi connectivity index (χ1n) is 7.71. The van der Waals surface area contributed by atoms with Gasteiger partial charge in [-0.1, -0.05) is 42.5 Å². The molecule has 23 heavy (non-hydrogen) atoms. The van der Waals surface area contributed by atoms with Crippen LogP contribution in [0.15, 0.2) is 60.0 Å². The molecule has 0 saturated heterocycles. The first-order valence-corrected chi connectivity index (χ1v) is 9.22. The Labute approximate surface area is 137 Å². The van der Waals surface area contributed by atoms with Crippen molar-refractivity contribution in [2.45, 2.75) is 6.92 Å². The molecule has 0 N–H and O–H groups in total. The van der Waals surface area contributed by atoms with Crippen molar-refractivity contribution in [2.75, 3.05) is 28.8 Å². The lowest BCUT2D eigenvalue weighted by molar-refractivity contribution is 0.597. The van der Waals surface area contributed by atoms with Gasteiger partial charge in [0.05, 0.1) is 23.3 Å². The van der Waals surface area contributed by atoms with Gasteiger partial charge in [-0.05, 0) is 30.7 Å². The second-order valence-corrected chi connectivity index (χ2v) is 7.14. The molecule has 1 aliphatic heterocycles. The monoisotopic (exact) mass is 328 g/mol. The minimum absolute atomic E-state index is 0.465. The zero-order chi connectivity index (χ0) is 16.3. The predicted molar refractivity (Wildman–Crippen MR) is 96.1 cm³/mol. The van der Waals surface area contributed by atoms with Crippen molar-refractivity contribution in [3.63, 3.8) is 0 Å². The number of likely N-dealkylation sites (N-methyl/N-ethyl adjacent to an activating group) is 1. The minimum atomic E-state index is -3.50. The van der Waals surface area contributed by atoms with Gasteiger partial charge >= 0.3 is 0 Å². The Morgan fingerprint density at radius 2 is 1.61 bits per heavy atom. The van der Waals surface area contributed by atoms with E-state index in [0.717, 1.165) is 23.5 Å². The Morgan fingerprint density at radius 3 is 2.30 bits per heavy atom. The van der Waals surface area contributed by atoms with E-state index in [4.69, 9.17) is 0 Å². The largest absolute Gasteiger partial charge is 0.368 e. The summed E-state index contributed by atoms with van der Waals surface area (Å²) in [5.74, 6) is 0. The molecule has 0 radical (unpaired) electrons. The smallest absolute Gasteiger partial charge is 0.257 e. The van der Waals surface area contributed by atoms with Crippen molar-refractivity contribution in [1.29, 1.82) is 0 Å². The molecule has 5 heteroatoms. The van der Waals surface area contributed by atoms with Crippen molar-refractivity contribution in [3.8, 4) is 0 Å². The standard InChI is InChI=1S/C18H20N2O2S/c1-2-19-13-14-20(18-11-7-6-10-17(18)19)23(21,22)15-12-16-8-4-3-5-9-16/h3-12,15H,2,13-14H2,1H3/b15-12+. The van der Waals surface area contributed by atoms with Crippen LogP contribution in [0.1, 0.15) is 12.5 Å². The number of rotatable bonds is 4. The summed E-state index contributed by atoms with van der Waals surface area (Å²) in [6, 6.07) is 17.1. The molecule has 0 saturated carbocycles. The van der Waals surface area contributed by atoms with Crippen LogP contribution < -0.4 is 9.21 Å². The van der Waals surface area contributed by atoms with Gasteiger partial charge in [0.1, 0.15) is 0 Å². The first-order chi connectivity index (χ1) is 11.1. The van der Waals surface area contributed by atoms with Gasteiger partial charge in [-0.25, -0.2) is 8.42 Å². The van der Waals surface area contributed by atoms with Crippen LogP contribution in [0.2, 0.25) is 0 Å². The molecule has 0 fully saturated rings. The number of hydrogen-bond acceptors (Lipinski definition) is 3. The van der Waals surface area contributed by atoms with Gasteiger partial charge in [-0.15, -0.1) is 0 Å². The van der Waals surface area contributed by atoms with Crippen LogP contribution >= 0.6 is 0 Å². The van der Waals surface area contributed by atoms with E-state index in [0.29, 0.717) is 13.1 Å². The highest BCUT2D eigenvalue weighted by Crippen LogP contribution is 2.34. The molecule has 4 nitrogen and oxygen atoms in total. The zero-order valence-electron chi connectivity index (χ0n) is 13.1. The summed E-state index contributed by atoms with van der Waals surface area (Å²) in [5, 5.41) is 1.29. The third kappa shape index (κ3) is 3.24. The molecule has 1 aliphatic rings. The number of hydrogen-bond donors (Lipinski definition) is 0. The average molecular weight is 328 g/mol. The lowest BCUT2D eigenvalue weighted by atomic mass is 10.2. The molecular weight excluding hydrogens is 308 g/mol. The fourth-order valence-electron chi connectivity index (χ4n) is 2.79. The second kappa shape index (κ2) is 6.46. The van der Waals surface area contributed by atoms with E-state index in [1.54, 1.807) is 6.08 Å². The maximum Gasteiger partial charge on any atom is 0.257 e. The van der Waals surface area contributed by atoms with Gasteiger partial charge in [0.15, 0.2) is 0 Å². The van der Waals surface area contributed by atoms with Crippen LogP contribution in [-0.2, 0) is 10.0 Å². The van der Waals surface area contributed by atoms with E-state index < -0.39 is 10.0 Å². The zero-order valence-corrected chi connectivity index (χ0v) is 13.9. The molecule has 0 spiro atoms. The quantitative estimate of drug-likeness (QED) is 0.864. The van der Waals surface area contributed by atoms with Crippen LogP contribution in [0.25, 0.3) is 6.08 Å². The van der Waals surface area contributed by atoms with Crippen LogP contribution in [0.3, 0.4) is 0 Å². The minimum Gasteiger partial charge on any atom is -0.368 e. The number of nitrogens with zero attached hydrogens (tertiary/aromatic N) is 2. The van der Waals surface area contributed by atoms with E-state index >= 15 is 0 Å². The molecule has 0 amide bonds. The summed E-state index contributed by atoms with van der Waals surface area (Å²) >= 11 is 0. The normalized spacial score (nSPS) is 15.0. The number of benzene rings is 2. The number of para-hydroxylation sites is 2. The molecule has 0 aliphatic carbocycles. The van der Waals surface area contributed by atoms with Crippen molar-refractivity contribution in [2.24, 2.45) is 0 Å². The number of sulfonamides is 1. The van der Waals surface area contributed by atoms with Gasteiger partial charge in [0.2, 0.25) is 0 Å². The summed E-state index contributed by atoms with van der Waals surface area (Å²) < 4.78 is 27.0. The average Bonchev–Trinajstić information content (AvgIpc) is 2.60. The van der Waals surface area contributed by atoms with Crippen molar-refractivity contribution in [3.05, 3.63) is 65.6 Å². The van der Waals surface area contributed by atoms with Crippen molar-refractivity contribution in [1.82, 2.24) is 0 Å². The highest BCUT2D eigenvalue weighted by atomic mass is 32.2. The third-order valence-electron chi connectivity index (χ3n) is 3.99. The Morgan fingerprint density at radius 1 is 0.957 bits per heavy atom. The first kappa shape index (κ1) is 15.6. The highest BCUT2D eigenvalue weighted by Gasteiger charge is 2.28. The summed E-state index contributed by atoms with van der Waals surface area (Å²) in [6.45, 7) is 4.11. The molecule has 0 unspecified atom stereocenters. The number of anilines is 2. The fraction of sp³-hybridized carbons (Fsp3) is 0.222. The third-order valence-corrected chi connectivity index (χ3v) is 5.46. The van der Waals surface area contributed by atoms with Gasteiger partial charge in [0.25, 0.3) is 10.0 Å². The molecule has 3 rings (SSSR count). The van der Waals surface area contributed by atoms with Crippen molar-refractivity contribution >= 4 is 27.5 Å². The predicted octanol–water partition coefficient (Wildman–Crippen LogP) is 3.33. The summed E-state index contributed by atoms with van der Waals surface area (Å²) in [4.78, 5) is 2.20. The van der Waals surface area contributed by atoms with Gasteiger partial charge < -0.3 is 4.90 Å². The Hall–Kier alpha value is -2.27. The Balaban J connectivity index is 1.93. The molecule has 1 heterocycles. The van der Waals surface area contributed by atoms with Gasteiger partial charge in [0, 0.05) is 13.1 Å². The summed E-state index contributed by atoms with van der Waals surface area (Å²) in [6.07, 6.45) is 1.64. The van der Waals surface area contributed by atoms with Crippen molar-refractivity contribution < 1.29 is 8.42 Å². The van der Waals surface area contributed by atoms with Gasteiger partial charge in [-0.2, -0.15) is 0 Å². The van der Waals surface area contributed by atoms with Crippen LogP contribution in [0, 0.1) is 0 Å². The van der Waals surface area contributed by atoms with E-state index in [1.807, 2.05) is 54.6 Å².